The smallest absolute Gasteiger partial charge is 0.155 e. The fourth-order valence-electron chi connectivity index (χ4n) is 6.93. The van der Waals surface area contributed by atoms with Crippen LogP contribution in [0.15, 0.2) is 11.6 Å². The second-order valence-electron chi connectivity index (χ2n) is 9.11. The van der Waals surface area contributed by atoms with Crippen molar-refractivity contribution >= 4 is 5.78 Å². The summed E-state index contributed by atoms with van der Waals surface area (Å²) in [6, 6.07) is 0. The van der Waals surface area contributed by atoms with Crippen LogP contribution in [0.25, 0.3) is 0 Å². The Labute approximate surface area is 139 Å². The predicted molar refractivity (Wildman–Crippen MR) is 88.7 cm³/mol. The van der Waals surface area contributed by atoms with Gasteiger partial charge in [-0.15, -0.1) is 0 Å². The van der Waals surface area contributed by atoms with E-state index in [4.69, 9.17) is 0 Å². The number of hydrogen-bond donors (Lipinski definition) is 2. The maximum absolute atomic E-state index is 12.0. The van der Waals surface area contributed by atoms with Crippen LogP contribution in [0.4, 0.5) is 0 Å². The van der Waals surface area contributed by atoms with E-state index in [1.165, 1.54) is 5.57 Å². The average Bonchev–Trinajstić information content (AvgIpc) is 2.83. The number of carbonyl (C=O) groups is 1. The van der Waals surface area contributed by atoms with Gasteiger partial charge >= 0.3 is 0 Å². The molecule has 3 nitrogen and oxygen atoms in total. The lowest BCUT2D eigenvalue weighted by atomic mass is 9.45. The van der Waals surface area contributed by atoms with E-state index in [1.807, 2.05) is 6.08 Å². The number of fused-ring (bicyclic) bond motifs is 5. The van der Waals surface area contributed by atoms with Crippen molar-refractivity contribution in [3.8, 4) is 0 Å². The lowest BCUT2D eigenvalue weighted by Crippen LogP contribution is -2.53. The van der Waals surface area contributed by atoms with Crippen LogP contribution in [-0.4, -0.2) is 28.7 Å². The Morgan fingerprint density at radius 2 is 1.96 bits per heavy atom. The van der Waals surface area contributed by atoms with Gasteiger partial charge in [0.05, 0.1) is 6.10 Å². The Hall–Kier alpha value is -0.670. The van der Waals surface area contributed by atoms with Crippen LogP contribution in [0.3, 0.4) is 0 Å². The van der Waals surface area contributed by atoms with Crippen LogP contribution in [0.2, 0.25) is 0 Å². The first kappa shape index (κ1) is 15.8. The molecular weight excluding hydrogens is 288 g/mol. The molecule has 7 atom stereocenters. The molecule has 0 bridgehead atoms. The van der Waals surface area contributed by atoms with Crippen molar-refractivity contribution in [1.29, 1.82) is 0 Å². The van der Waals surface area contributed by atoms with Crippen molar-refractivity contribution in [1.82, 2.24) is 0 Å². The highest BCUT2D eigenvalue weighted by molar-refractivity contribution is 5.91. The standard InChI is InChI=1S/C20H30O3/c1-19-7-5-13(22)10-17(19)12(11-21)9-14-15-3-4-18(23)20(15,2)8-6-16(14)19/h10,12,14-16,18,21,23H,3-9,11H2,1-2H3/t12-,14-,15-,16-,18-,19+,20-/m0/s1. The summed E-state index contributed by atoms with van der Waals surface area (Å²) in [5.41, 5.74) is 1.39. The molecule has 0 saturated heterocycles. The summed E-state index contributed by atoms with van der Waals surface area (Å²) in [7, 11) is 0. The zero-order chi connectivity index (χ0) is 16.4. The van der Waals surface area contributed by atoms with Gasteiger partial charge in [0, 0.05) is 18.9 Å². The highest BCUT2D eigenvalue weighted by Crippen LogP contribution is 2.66. The molecule has 0 aromatic rings. The predicted octanol–water partition coefficient (Wildman–Crippen LogP) is 3.10. The zero-order valence-corrected chi connectivity index (χ0v) is 14.4. The van der Waals surface area contributed by atoms with Crippen LogP contribution in [0.5, 0.6) is 0 Å². The quantitative estimate of drug-likeness (QED) is 0.781. The van der Waals surface area contributed by atoms with Gasteiger partial charge in [-0.1, -0.05) is 19.4 Å². The molecule has 4 aliphatic carbocycles. The molecule has 3 saturated carbocycles. The number of hydrogen-bond acceptors (Lipinski definition) is 3. The molecule has 0 aromatic heterocycles. The highest BCUT2D eigenvalue weighted by Gasteiger charge is 2.60. The Morgan fingerprint density at radius 3 is 2.70 bits per heavy atom. The van der Waals surface area contributed by atoms with Crippen molar-refractivity contribution in [3.63, 3.8) is 0 Å². The van der Waals surface area contributed by atoms with Gasteiger partial charge in [-0.2, -0.15) is 0 Å². The summed E-state index contributed by atoms with van der Waals surface area (Å²) in [5.74, 6) is 2.18. The lowest BCUT2D eigenvalue weighted by molar-refractivity contribution is -0.119. The third-order valence-electron chi connectivity index (χ3n) is 8.29. The maximum Gasteiger partial charge on any atom is 0.155 e. The van der Waals surface area contributed by atoms with Gasteiger partial charge < -0.3 is 10.2 Å². The molecule has 4 aliphatic rings. The lowest BCUT2D eigenvalue weighted by Gasteiger charge is -2.59. The van der Waals surface area contributed by atoms with Gasteiger partial charge in [0.1, 0.15) is 0 Å². The number of carbonyl (C=O) groups excluding carboxylic acids is 1. The summed E-state index contributed by atoms with van der Waals surface area (Å²) < 4.78 is 0. The van der Waals surface area contributed by atoms with E-state index in [9.17, 15) is 15.0 Å². The molecule has 3 heteroatoms. The number of aliphatic hydroxyl groups is 2. The topological polar surface area (TPSA) is 57.5 Å². The molecule has 23 heavy (non-hydrogen) atoms. The van der Waals surface area contributed by atoms with Crippen molar-refractivity contribution in [3.05, 3.63) is 11.6 Å². The van der Waals surface area contributed by atoms with E-state index >= 15 is 0 Å². The Balaban J connectivity index is 1.74. The van der Waals surface area contributed by atoms with E-state index in [-0.39, 0.29) is 35.2 Å². The fraction of sp³-hybridized carbons (Fsp3) is 0.850. The second kappa shape index (κ2) is 5.16. The third-order valence-corrected chi connectivity index (χ3v) is 8.29. The zero-order valence-electron chi connectivity index (χ0n) is 14.4. The SMILES string of the molecule is C[C@]12CC[C@H]3[C@@H](C[C@@H](CO)C4=CC(=O)CC[C@@]43C)[C@@H]1CC[C@@H]2O. The molecule has 0 unspecified atom stereocenters. The van der Waals surface area contributed by atoms with Crippen LogP contribution in [-0.2, 0) is 4.79 Å². The van der Waals surface area contributed by atoms with E-state index in [2.05, 4.69) is 13.8 Å². The molecular formula is C20H30O3. The number of ketones is 1. The Kier molecular flexibility index (Phi) is 3.55. The normalized spacial score (nSPS) is 52.4. The summed E-state index contributed by atoms with van der Waals surface area (Å²) in [4.78, 5) is 12.0. The van der Waals surface area contributed by atoms with Crippen LogP contribution < -0.4 is 0 Å². The first-order valence-corrected chi connectivity index (χ1v) is 9.44. The number of rotatable bonds is 1. The molecule has 128 valence electrons. The largest absolute Gasteiger partial charge is 0.396 e. The average molecular weight is 318 g/mol. The van der Waals surface area contributed by atoms with E-state index in [0.717, 1.165) is 38.5 Å². The summed E-state index contributed by atoms with van der Waals surface area (Å²) in [5, 5.41) is 20.5. The van der Waals surface area contributed by atoms with Gasteiger partial charge in [-0.25, -0.2) is 0 Å². The molecule has 0 spiro atoms. The Morgan fingerprint density at radius 1 is 1.17 bits per heavy atom. The molecule has 0 aliphatic heterocycles. The third kappa shape index (κ3) is 2.05. The highest BCUT2D eigenvalue weighted by atomic mass is 16.3. The van der Waals surface area contributed by atoms with E-state index in [1.54, 1.807) is 0 Å². The summed E-state index contributed by atoms with van der Waals surface area (Å²) in [6.45, 7) is 4.79. The van der Waals surface area contributed by atoms with Crippen molar-refractivity contribution in [2.45, 2.75) is 64.9 Å². The monoisotopic (exact) mass is 318 g/mol. The molecule has 0 heterocycles. The van der Waals surface area contributed by atoms with E-state index in [0.29, 0.717) is 24.2 Å². The van der Waals surface area contributed by atoms with Crippen molar-refractivity contribution < 1.29 is 15.0 Å². The molecule has 2 N–H and O–H groups in total. The van der Waals surface area contributed by atoms with Gasteiger partial charge in [-0.3, -0.25) is 4.79 Å². The summed E-state index contributed by atoms with van der Waals surface area (Å²) >= 11 is 0. The first-order chi connectivity index (χ1) is 10.9. The minimum Gasteiger partial charge on any atom is -0.396 e. The number of aliphatic hydroxyl groups excluding tert-OH is 2. The fourth-order valence-corrected chi connectivity index (χ4v) is 6.93. The van der Waals surface area contributed by atoms with Crippen LogP contribution in [0.1, 0.15) is 58.8 Å². The van der Waals surface area contributed by atoms with Crippen LogP contribution in [0, 0.1) is 34.5 Å². The van der Waals surface area contributed by atoms with Crippen LogP contribution >= 0.6 is 0 Å². The maximum atomic E-state index is 12.0. The molecule has 0 aromatic carbocycles. The molecule has 3 fully saturated rings. The summed E-state index contributed by atoms with van der Waals surface area (Å²) in [6.07, 6.45) is 8.67. The second-order valence-corrected chi connectivity index (χ2v) is 9.11. The van der Waals surface area contributed by atoms with Gasteiger partial charge in [0.25, 0.3) is 0 Å². The van der Waals surface area contributed by atoms with E-state index < -0.39 is 0 Å². The first-order valence-electron chi connectivity index (χ1n) is 9.44. The minimum absolute atomic E-state index is 0.0727. The van der Waals surface area contributed by atoms with Gasteiger partial charge in [0.2, 0.25) is 0 Å². The van der Waals surface area contributed by atoms with Gasteiger partial charge in [0.15, 0.2) is 5.78 Å². The minimum atomic E-state index is -0.154. The molecule has 4 rings (SSSR count). The molecule has 0 amide bonds. The van der Waals surface area contributed by atoms with Crippen molar-refractivity contribution in [2.24, 2.45) is 34.5 Å². The molecule has 0 radical (unpaired) electrons. The van der Waals surface area contributed by atoms with Crippen molar-refractivity contribution in [2.75, 3.05) is 6.61 Å². The van der Waals surface area contributed by atoms with Gasteiger partial charge in [-0.05, 0) is 73.2 Å². The Bertz CT molecular complexity index is 553.